The van der Waals surface area contributed by atoms with Crippen LogP contribution in [0.25, 0.3) is 0 Å². The summed E-state index contributed by atoms with van der Waals surface area (Å²) in [5.74, 6) is 2.13. The van der Waals surface area contributed by atoms with Gasteiger partial charge in [0.25, 0.3) is 0 Å². The van der Waals surface area contributed by atoms with Crippen molar-refractivity contribution in [1.82, 2.24) is 5.32 Å². The van der Waals surface area contributed by atoms with Crippen molar-refractivity contribution in [3.05, 3.63) is 23.7 Å². The van der Waals surface area contributed by atoms with E-state index in [0.29, 0.717) is 11.5 Å². The molecule has 0 fully saturated rings. The van der Waals surface area contributed by atoms with Crippen molar-refractivity contribution in [2.45, 2.75) is 19.9 Å². The highest BCUT2D eigenvalue weighted by molar-refractivity contribution is 8.00. The summed E-state index contributed by atoms with van der Waals surface area (Å²) in [7, 11) is 0. The normalized spacial score (nSPS) is 11.8. The highest BCUT2D eigenvalue weighted by Crippen LogP contribution is 2.15. The SMILES string of the molecule is Cc1ccc([C@H](C)NC(=O)CSCC#N)o1. The Hall–Kier alpha value is -1.41. The predicted octanol–water partition coefficient (Wildman–Crippen LogP) is 2.02. The van der Waals surface area contributed by atoms with Crippen LogP contribution in [0.15, 0.2) is 16.5 Å². The molecule has 0 saturated carbocycles. The van der Waals surface area contributed by atoms with E-state index in [4.69, 9.17) is 9.68 Å². The molecule has 1 aromatic rings. The molecule has 0 aliphatic rings. The number of carbonyl (C=O) groups excluding carboxylic acids is 1. The molecule has 4 nitrogen and oxygen atoms in total. The number of thioether (sulfide) groups is 1. The Morgan fingerprint density at radius 2 is 2.44 bits per heavy atom. The summed E-state index contributed by atoms with van der Waals surface area (Å²) >= 11 is 1.30. The van der Waals surface area contributed by atoms with Crippen molar-refractivity contribution in [2.24, 2.45) is 0 Å². The third kappa shape index (κ3) is 3.99. The van der Waals surface area contributed by atoms with E-state index in [1.165, 1.54) is 11.8 Å². The Labute approximate surface area is 99.0 Å². The van der Waals surface area contributed by atoms with Gasteiger partial charge in [-0.05, 0) is 26.0 Å². The van der Waals surface area contributed by atoms with Gasteiger partial charge in [0.1, 0.15) is 11.5 Å². The lowest BCUT2D eigenvalue weighted by Gasteiger charge is -2.10. The Morgan fingerprint density at radius 3 is 3.00 bits per heavy atom. The molecule has 0 aromatic carbocycles. The molecule has 1 aromatic heterocycles. The van der Waals surface area contributed by atoms with Gasteiger partial charge in [-0.1, -0.05) is 0 Å². The minimum atomic E-state index is -0.135. The molecule has 0 unspecified atom stereocenters. The van der Waals surface area contributed by atoms with Gasteiger partial charge in [-0.3, -0.25) is 4.79 Å². The molecule has 0 bridgehead atoms. The number of nitriles is 1. The van der Waals surface area contributed by atoms with E-state index in [0.717, 1.165) is 11.5 Å². The van der Waals surface area contributed by atoms with Crippen molar-refractivity contribution in [3.63, 3.8) is 0 Å². The van der Waals surface area contributed by atoms with Crippen molar-refractivity contribution in [1.29, 1.82) is 5.26 Å². The fourth-order valence-electron chi connectivity index (χ4n) is 1.23. The van der Waals surface area contributed by atoms with E-state index in [9.17, 15) is 4.79 Å². The smallest absolute Gasteiger partial charge is 0.230 e. The van der Waals surface area contributed by atoms with Crippen LogP contribution in [0.1, 0.15) is 24.5 Å². The maximum Gasteiger partial charge on any atom is 0.230 e. The van der Waals surface area contributed by atoms with E-state index in [-0.39, 0.29) is 11.9 Å². The quantitative estimate of drug-likeness (QED) is 0.797. The van der Waals surface area contributed by atoms with Gasteiger partial charge in [0.15, 0.2) is 0 Å². The predicted molar refractivity (Wildman–Crippen MR) is 62.9 cm³/mol. The fourth-order valence-corrected chi connectivity index (χ4v) is 1.69. The Bertz CT molecular complexity index is 395. The monoisotopic (exact) mass is 238 g/mol. The summed E-state index contributed by atoms with van der Waals surface area (Å²) in [6.07, 6.45) is 0. The molecule has 5 heteroatoms. The second-order valence-electron chi connectivity index (χ2n) is 3.39. The van der Waals surface area contributed by atoms with E-state index < -0.39 is 0 Å². The summed E-state index contributed by atoms with van der Waals surface area (Å²) < 4.78 is 5.40. The number of aryl methyl sites for hydroxylation is 1. The van der Waals surface area contributed by atoms with Gasteiger partial charge >= 0.3 is 0 Å². The summed E-state index contributed by atoms with van der Waals surface area (Å²) in [5, 5.41) is 11.1. The molecule has 16 heavy (non-hydrogen) atoms. The minimum absolute atomic E-state index is 0.0817. The van der Waals surface area contributed by atoms with Crippen LogP contribution in [0, 0.1) is 18.3 Å². The topological polar surface area (TPSA) is 66.0 Å². The molecule has 0 spiro atoms. The average Bonchev–Trinajstić information content (AvgIpc) is 2.65. The first-order chi connectivity index (χ1) is 7.63. The first kappa shape index (κ1) is 12.7. The zero-order valence-corrected chi connectivity index (χ0v) is 10.1. The number of amides is 1. The number of nitrogens with zero attached hydrogens (tertiary/aromatic N) is 1. The summed E-state index contributed by atoms with van der Waals surface area (Å²) in [6.45, 7) is 3.73. The molecule has 86 valence electrons. The number of nitrogens with one attached hydrogen (secondary N) is 1. The first-order valence-corrected chi connectivity index (χ1v) is 6.09. The van der Waals surface area contributed by atoms with Crippen LogP contribution in [0.2, 0.25) is 0 Å². The summed E-state index contributed by atoms with van der Waals surface area (Å²) in [5.41, 5.74) is 0. The Balaban J connectivity index is 2.37. The molecule has 1 rings (SSSR count). The number of furan rings is 1. The number of carbonyl (C=O) groups is 1. The van der Waals surface area contributed by atoms with Crippen molar-refractivity contribution < 1.29 is 9.21 Å². The Morgan fingerprint density at radius 1 is 1.69 bits per heavy atom. The average molecular weight is 238 g/mol. The van der Waals surface area contributed by atoms with Crippen LogP contribution in [0.4, 0.5) is 0 Å². The van der Waals surface area contributed by atoms with Crippen LogP contribution in [0.5, 0.6) is 0 Å². The zero-order valence-electron chi connectivity index (χ0n) is 9.32. The molecule has 0 aliphatic heterocycles. The van der Waals surface area contributed by atoms with Crippen molar-refractivity contribution in [2.75, 3.05) is 11.5 Å². The van der Waals surface area contributed by atoms with Crippen LogP contribution >= 0.6 is 11.8 Å². The lowest BCUT2D eigenvalue weighted by atomic mass is 10.2. The van der Waals surface area contributed by atoms with Gasteiger partial charge in [-0.15, -0.1) is 11.8 Å². The highest BCUT2D eigenvalue weighted by atomic mass is 32.2. The lowest BCUT2D eigenvalue weighted by Crippen LogP contribution is -2.28. The van der Waals surface area contributed by atoms with E-state index in [1.54, 1.807) is 0 Å². The standard InChI is InChI=1S/C11H14N2O2S/c1-8-3-4-10(15-8)9(2)13-11(14)7-16-6-5-12/h3-4,9H,6-7H2,1-2H3,(H,13,14)/t9-/m0/s1. The van der Waals surface area contributed by atoms with E-state index in [2.05, 4.69) is 5.32 Å². The number of rotatable bonds is 5. The lowest BCUT2D eigenvalue weighted by molar-refractivity contribution is -0.119. The van der Waals surface area contributed by atoms with Gasteiger partial charge in [0.2, 0.25) is 5.91 Å². The summed E-state index contributed by atoms with van der Waals surface area (Å²) in [6, 6.07) is 5.55. The number of hydrogen-bond donors (Lipinski definition) is 1. The van der Waals surface area contributed by atoms with Crippen LogP contribution in [-0.4, -0.2) is 17.4 Å². The molecule has 0 radical (unpaired) electrons. The maximum absolute atomic E-state index is 11.4. The highest BCUT2D eigenvalue weighted by Gasteiger charge is 2.12. The molecule has 1 heterocycles. The van der Waals surface area contributed by atoms with Crippen molar-refractivity contribution in [3.8, 4) is 6.07 Å². The maximum atomic E-state index is 11.4. The van der Waals surface area contributed by atoms with Crippen LogP contribution in [0.3, 0.4) is 0 Å². The molecule has 0 saturated heterocycles. The van der Waals surface area contributed by atoms with Gasteiger partial charge in [-0.2, -0.15) is 5.26 Å². The van der Waals surface area contributed by atoms with Crippen LogP contribution < -0.4 is 5.32 Å². The minimum Gasteiger partial charge on any atom is -0.464 e. The number of hydrogen-bond acceptors (Lipinski definition) is 4. The van der Waals surface area contributed by atoms with Gasteiger partial charge < -0.3 is 9.73 Å². The van der Waals surface area contributed by atoms with Gasteiger partial charge in [0.05, 0.1) is 23.6 Å². The molecular formula is C11H14N2O2S. The molecule has 1 atom stereocenters. The molecule has 1 amide bonds. The largest absolute Gasteiger partial charge is 0.464 e. The Kier molecular flexibility index (Phi) is 4.93. The fraction of sp³-hybridized carbons (Fsp3) is 0.455. The molecule has 0 aliphatic carbocycles. The summed E-state index contributed by atoms with van der Waals surface area (Å²) in [4.78, 5) is 11.4. The van der Waals surface area contributed by atoms with E-state index >= 15 is 0 Å². The van der Waals surface area contributed by atoms with Gasteiger partial charge in [-0.25, -0.2) is 0 Å². The molecular weight excluding hydrogens is 224 g/mol. The van der Waals surface area contributed by atoms with Crippen LogP contribution in [-0.2, 0) is 4.79 Å². The second-order valence-corrected chi connectivity index (χ2v) is 4.37. The first-order valence-electron chi connectivity index (χ1n) is 4.94. The van der Waals surface area contributed by atoms with Crippen molar-refractivity contribution >= 4 is 17.7 Å². The van der Waals surface area contributed by atoms with Gasteiger partial charge in [0, 0.05) is 0 Å². The van der Waals surface area contributed by atoms with E-state index in [1.807, 2.05) is 32.0 Å². The molecule has 1 N–H and O–H groups in total. The third-order valence-corrected chi connectivity index (χ3v) is 2.76. The zero-order chi connectivity index (χ0) is 12.0. The third-order valence-electron chi connectivity index (χ3n) is 1.97. The second kappa shape index (κ2) is 6.23.